The van der Waals surface area contributed by atoms with Crippen LogP contribution in [-0.4, -0.2) is 60.3 Å². The number of urea groups is 1. The number of rotatable bonds is 4. The Morgan fingerprint density at radius 1 is 1.47 bits per heavy atom. The molecule has 1 aliphatic rings. The number of imide groups is 1. The summed E-state index contributed by atoms with van der Waals surface area (Å²) in [6, 6.07) is -0.889. The fourth-order valence-corrected chi connectivity index (χ4v) is 1.51. The van der Waals surface area contributed by atoms with Gasteiger partial charge in [-0.3, -0.25) is 15.0 Å². The van der Waals surface area contributed by atoms with Crippen molar-refractivity contribution >= 4 is 17.9 Å². The van der Waals surface area contributed by atoms with Gasteiger partial charge >= 0.3 is 12.0 Å². The van der Waals surface area contributed by atoms with E-state index in [2.05, 4.69) is 0 Å². The van der Waals surface area contributed by atoms with Crippen molar-refractivity contribution in [3.8, 4) is 0 Å². The van der Waals surface area contributed by atoms with E-state index < -0.39 is 24.0 Å². The van der Waals surface area contributed by atoms with Crippen LogP contribution in [0.5, 0.6) is 0 Å². The molecule has 0 bridgehead atoms. The van der Waals surface area contributed by atoms with Crippen molar-refractivity contribution in [1.29, 1.82) is 0 Å². The molecule has 1 atom stereocenters. The first kappa shape index (κ1) is 13.4. The van der Waals surface area contributed by atoms with Crippen LogP contribution in [0.1, 0.15) is 6.42 Å². The number of hydrogen-bond donors (Lipinski definition) is 3. The lowest BCUT2D eigenvalue weighted by atomic mass is 10.2. The molecule has 1 unspecified atom stereocenters. The van der Waals surface area contributed by atoms with E-state index in [1.54, 1.807) is 4.90 Å². The normalized spacial score (nSPS) is 20.8. The Kier molecular flexibility index (Phi) is 4.85. The third-order valence-electron chi connectivity index (χ3n) is 2.34. The zero-order valence-electron chi connectivity index (χ0n) is 9.22. The van der Waals surface area contributed by atoms with Crippen molar-refractivity contribution < 1.29 is 24.2 Å². The summed E-state index contributed by atoms with van der Waals surface area (Å²) in [4.78, 5) is 34.0. The molecule has 0 saturated carbocycles. The lowest BCUT2D eigenvalue weighted by molar-refractivity contribution is -0.156. The third-order valence-corrected chi connectivity index (χ3v) is 2.34. The van der Waals surface area contributed by atoms with Gasteiger partial charge < -0.3 is 15.6 Å². The first-order valence-corrected chi connectivity index (χ1v) is 5.15. The molecular weight excluding hydrogens is 230 g/mol. The van der Waals surface area contributed by atoms with Crippen LogP contribution in [0.25, 0.3) is 0 Å². The molecule has 1 aliphatic heterocycles. The van der Waals surface area contributed by atoms with E-state index in [9.17, 15) is 14.4 Å². The monoisotopic (exact) mass is 245 g/mol. The molecule has 4 N–H and O–H groups in total. The summed E-state index contributed by atoms with van der Waals surface area (Å²) in [6.07, 6.45) is -0.766. The number of morpholine rings is 1. The van der Waals surface area contributed by atoms with Crippen LogP contribution in [0, 0.1) is 0 Å². The Hall–Kier alpha value is -1.67. The first-order chi connectivity index (χ1) is 7.99. The summed E-state index contributed by atoms with van der Waals surface area (Å²) < 4.78 is 5.03. The predicted octanol–water partition coefficient (Wildman–Crippen LogP) is -1.64. The SMILES string of the molecule is NC(=O)NC(=O)CCN1CCOC(C(=O)O)C1. The molecule has 0 radical (unpaired) electrons. The molecule has 1 rings (SSSR count). The zero-order valence-corrected chi connectivity index (χ0v) is 9.22. The summed E-state index contributed by atoms with van der Waals surface area (Å²) in [5, 5.41) is 10.7. The number of carbonyl (C=O) groups is 3. The lowest BCUT2D eigenvalue weighted by Gasteiger charge is -2.30. The second-order valence-corrected chi connectivity index (χ2v) is 3.66. The number of nitrogens with two attached hydrogens (primary N) is 1. The average Bonchev–Trinajstić information content (AvgIpc) is 2.26. The minimum absolute atomic E-state index is 0.0925. The van der Waals surface area contributed by atoms with Crippen LogP contribution in [0.15, 0.2) is 0 Å². The van der Waals surface area contributed by atoms with Gasteiger partial charge in [-0.05, 0) is 0 Å². The highest BCUT2D eigenvalue weighted by molar-refractivity contribution is 5.93. The lowest BCUT2D eigenvalue weighted by Crippen LogP contribution is -2.47. The summed E-state index contributed by atoms with van der Waals surface area (Å²) in [7, 11) is 0. The molecular formula is C9H15N3O5. The number of ether oxygens (including phenoxy) is 1. The van der Waals surface area contributed by atoms with Crippen molar-refractivity contribution in [3.63, 3.8) is 0 Å². The van der Waals surface area contributed by atoms with Crippen LogP contribution in [0.4, 0.5) is 4.79 Å². The molecule has 0 aromatic heterocycles. The maximum atomic E-state index is 11.1. The highest BCUT2D eigenvalue weighted by atomic mass is 16.5. The van der Waals surface area contributed by atoms with Crippen LogP contribution in [0.2, 0.25) is 0 Å². The van der Waals surface area contributed by atoms with Crippen LogP contribution in [0.3, 0.4) is 0 Å². The van der Waals surface area contributed by atoms with Crippen LogP contribution >= 0.6 is 0 Å². The van der Waals surface area contributed by atoms with Gasteiger partial charge in [-0.25, -0.2) is 9.59 Å². The average molecular weight is 245 g/mol. The number of aliphatic carboxylic acids is 1. The number of carbonyl (C=O) groups excluding carboxylic acids is 2. The third kappa shape index (κ3) is 4.79. The summed E-state index contributed by atoms with van der Waals surface area (Å²) in [5.41, 5.74) is 4.78. The van der Waals surface area contributed by atoms with E-state index in [1.807, 2.05) is 5.32 Å². The van der Waals surface area contributed by atoms with E-state index in [-0.39, 0.29) is 13.0 Å². The standard InChI is InChI=1S/C9H15N3O5/c10-9(16)11-7(13)1-2-12-3-4-17-6(5-12)8(14)15/h6H,1-5H2,(H,14,15)(H3,10,11,13,16). The molecule has 0 aromatic carbocycles. The number of primary amides is 1. The number of amides is 3. The Labute approximate surface area is 97.7 Å². The predicted molar refractivity (Wildman–Crippen MR) is 56.2 cm³/mol. The van der Waals surface area contributed by atoms with E-state index in [0.717, 1.165) is 0 Å². The molecule has 96 valence electrons. The minimum Gasteiger partial charge on any atom is -0.479 e. The maximum Gasteiger partial charge on any atom is 0.334 e. The van der Waals surface area contributed by atoms with E-state index in [4.69, 9.17) is 15.6 Å². The maximum absolute atomic E-state index is 11.1. The number of carboxylic acids is 1. The van der Waals surface area contributed by atoms with E-state index in [0.29, 0.717) is 19.7 Å². The molecule has 0 aromatic rings. The smallest absolute Gasteiger partial charge is 0.334 e. The number of hydrogen-bond acceptors (Lipinski definition) is 5. The first-order valence-electron chi connectivity index (χ1n) is 5.15. The highest BCUT2D eigenvalue weighted by Crippen LogP contribution is 2.05. The fourth-order valence-electron chi connectivity index (χ4n) is 1.51. The van der Waals surface area contributed by atoms with Crippen molar-refractivity contribution in [1.82, 2.24) is 10.2 Å². The summed E-state index contributed by atoms with van der Waals surface area (Å²) in [6.45, 7) is 1.48. The summed E-state index contributed by atoms with van der Waals surface area (Å²) in [5.74, 6) is -1.49. The Bertz CT molecular complexity index is 320. The number of nitrogens with zero attached hydrogens (tertiary/aromatic N) is 1. The molecule has 8 nitrogen and oxygen atoms in total. The molecule has 3 amide bonds. The quantitative estimate of drug-likeness (QED) is 0.546. The van der Waals surface area contributed by atoms with Crippen molar-refractivity contribution in [2.45, 2.75) is 12.5 Å². The van der Waals surface area contributed by atoms with Crippen LogP contribution in [-0.2, 0) is 14.3 Å². The minimum atomic E-state index is -1.02. The molecule has 0 spiro atoms. The van der Waals surface area contributed by atoms with Gasteiger partial charge in [-0.15, -0.1) is 0 Å². The summed E-state index contributed by atoms with van der Waals surface area (Å²) >= 11 is 0. The number of carboxylic acid groups (broad SMARTS) is 1. The molecule has 0 aliphatic carbocycles. The molecule has 1 fully saturated rings. The second-order valence-electron chi connectivity index (χ2n) is 3.66. The van der Waals surface area contributed by atoms with Gasteiger partial charge in [0.15, 0.2) is 6.10 Å². The molecule has 17 heavy (non-hydrogen) atoms. The highest BCUT2D eigenvalue weighted by Gasteiger charge is 2.26. The largest absolute Gasteiger partial charge is 0.479 e. The molecule has 1 saturated heterocycles. The van der Waals surface area contributed by atoms with Gasteiger partial charge in [0.1, 0.15) is 0 Å². The van der Waals surface area contributed by atoms with Crippen molar-refractivity contribution in [3.05, 3.63) is 0 Å². The zero-order chi connectivity index (χ0) is 12.8. The van der Waals surface area contributed by atoms with Crippen molar-refractivity contribution in [2.24, 2.45) is 5.73 Å². The molecule has 8 heteroatoms. The van der Waals surface area contributed by atoms with E-state index >= 15 is 0 Å². The topological polar surface area (TPSA) is 122 Å². The Morgan fingerprint density at radius 3 is 2.76 bits per heavy atom. The van der Waals surface area contributed by atoms with E-state index in [1.165, 1.54) is 0 Å². The van der Waals surface area contributed by atoms with Gasteiger partial charge in [-0.2, -0.15) is 0 Å². The van der Waals surface area contributed by atoms with Gasteiger partial charge in [0.25, 0.3) is 0 Å². The van der Waals surface area contributed by atoms with Crippen molar-refractivity contribution in [2.75, 3.05) is 26.2 Å². The van der Waals surface area contributed by atoms with Gasteiger partial charge in [0.2, 0.25) is 5.91 Å². The Balaban J connectivity index is 2.29. The Morgan fingerprint density at radius 2 is 2.18 bits per heavy atom. The van der Waals surface area contributed by atoms with Gasteiger partial charge in [-0.1, -0.05) is 0 Å². The second kappa shape index (κ2) is 6.16. The van der Waals surface area contributed by atoms with Gasteiger partial charge in [0.05, 0.1) is 6.61 Å². The van der Waals surface area contributed by atoms with Crippen LogP contribution < -0.4 is 11.1 Å². The molecule has 1 heterocycles. The van der Waals surface area contributed by atoms with Gasteiger partial charge in [0, 0.05) is 26.1 Å². The number of nitrogens with one attached hydrogen (secondary N) is 1. The fraction of sp³-hybridized carbons (Fsp3) is 0.667.